The number of hydrogen-bond acceptors (Lipinski definition) is 2. The summed E-state index contributed by atoms with van der Waals surface area (Å²) in [4.78, 5) is 0. The van der Waals surface area contributed by atoms with E-state index in [1.807, 2.05) is 30.3 Å². The maximum atomic E-state index is 6.10. The molecule has 0 aromatic heterocycles. The molecule has 0 radical (unpaired) electrons. The molecule has 0 bridgehead atoms. The van der Waals surface area contributed by atoms with Gasteiger partial charge < -0.3 is 10.5 Å². The Labute approximate surface area is 97.1 Å². The molecule has 0 saturated heterocycles. The van der Waals surface area contributed by atoms with Crippen LogP contribution in [0.4, 0.5) is 0 Å². The molecule has 0 fully saturated rings. The largest absolute Gasteiger partial charge is 0.492 e. The molecule has 16 heavy (non-hydrogen) atoms. The quantitative estimate of drug-likeness (QED) is 0.787. The summed E-state index contributed by atoms with van der Waals surface area (Å²) < 4.78 is 5.66. The predicted molar refractivity (Wildman–Crippen MR) is 66.5 cm³/mol. The van der Waals surface area contributed by atoms with Crippen molar-refractivity contribution < 1.29 is 4.74 Å². The molecule has 2 heteroatoms. The molecule has 0 saturated carbocycles. The Morgan fingerprint density at radius 3 is 2.69 bits per heavy atom. The third-order valence-corrected chi connectivity index (χ3v) is 2.98. The SMILES string of the molecule is NC(COc1ccccc1)C1=CCCCC1. The molecule has 0 amide bonds. The maximum absolute atomic E-state index is 6.10. The first-order valence-electron chi connectivity index (χ1n) is 5.98. The molecule has 2 nitrogen and oxygen atoms in total. The summed E-state index contributed by atoms with van der Waals surface area (Å²) in [6.07, 6.45) is 7.16. The molecule has 2 N–H and O–H groups in total. The topological polar surface area (TPSA) is 35.2 Å². The van der Waals surface area contributed by atoms with Crippen LogP contribution in [0.25, 0.3) is 0 Å². The van der Waals surface area contributed by atoms with Crippen LogP contribution in [-0.2, 0) is 0 Å². The van der Waals surface area contributed by atoms with Crippen LogP contribution >= 0.6 is 0 Å². The summed E-state index contributed by atoms with van der Waals surface area (Å²) in [7, 11) is 0. The van der Waals surface area contributed by atoms with Crippen molar-refractivity contribution in [2.75, 3.05) is 6.61 Å². The van der Waals surface area contributed by atoms with Crippen LogP contribution < -0.4 is 10.5 Å². The minimum Gasteiger partial charge on any atom is -0.492 e. The Kier molecular flexibility index (Phi) is 4.00. The molecule has 86 valence electrons. The second kappa shape index (κ2) is 5.71. The molecule has 1 aromatic rings. The fraction of sp³-hybridized carbons (Fsp3) is 0.429. The van der Waals surface area contributed by atoms with E-state index in [0.717, 1.165) is 12.2 Å². The summed E-state index contributed by atoms with van der Waals surface area (Å²) >= 11 is 0. The van der Waals surface area contributed by atoms with Crippen LogP contribution in [0.1, 0.15) is 25.7 Å². The third-order valence-electron chi connectivity index (χ3n) is 2.98. The molecule has 1 aromatic carbocycles. The number of allylic oxidation sites excluding steroid dienone is 1. The standard InChI is InChI=1S/C14H19NO/c15-14(12-7-3-1-4-8-12)11-16-13-9-5-2-6-10-13/h2,5-7,9-10,14H,1,3-4,8,11,15H2. The van der Waals surface area contributed by atoms with Gasteiger partial charge in [-0.05, 0) is 37.8 Å². The minimum absolute atomic E-state index is 0.0560. The summed E-state index contributed by atoms with van der Waals surface area (Å²) in [5, 5.41) is 0. The van der Waals surface area contributed by atoms with Gasteiger partial charge >= 0.3 is 0 Å². The normalized spacial score (nSPS) is 17.7. The van der Waals surface area contributed by atoms with Gasteiger partial charge in [0.25, 0.3) is 0 Å². The number of hydrogen-bond donors (Lipinski definition) is 1. The molecule has 1 aliphatic carbocycles. The van der Waals surface area contributed by atoms with Gasteiger partial charge in [-0.25, -0.2) is 0 Å². The summed E-state index contributed by atoms with van der Waals surface area (Å²) in [6.45, 7) is 0.579. The van der Waals surface area contributed by atoms with E-state index in [9.17, 15) is 0 Å². The van der Waals surface area contributed by atoms with Crippen molar-refractivity contribution in [3.8, 4) is 5.75 Å². The lowest BCUT2D eigenvalue weighted by Gasteiger charge is -2.19. The number of benzene rings is 1. The molecular formula is C14H19NO. The molecule has 0 spiro atoms. The molecule has 1 atom stereocenters. The van der Waals surface area contributed by atoms with Crippen LogP contribution in [0.5, 0.6) is 5.75 Å². The van der Waals surface area contributed by atoms with Crippen molar-refractivity contribution in [2.45, 2.75) is 31.7 Å². The molecule has 1 aliphatic rings. The molecule has 0 aliphatic heterocycles. The first kappa shape index (κ1) is 11.2. The van der Waals surface area contributed by atoms with Gasteiger partial charge in [-0.3, -0.25) is 0 Å². The lowest BCUT2D eigenvalue weighted by Crippen LogP contribution is -2.30. The molecular weight excluding hydrogens is 198 g/mol. The second-order valence-corrected chi connectivity index (χ2v) is 4.26. The van der Waals surface area contributed by atoms with Crippen molar-refractivity contribution >= 4 is 0 Å². The van der Waals surface area contributed by atoms with Crippen molar-refractivity contribution in [2.24, 2.45) is 5.73 Å². The Morgan fingerprint density at radius 1 is 1.19 bits per heavy atom. The number of ether oxygens (including phenoxy) is 1. The van der Waals surface area contributed by atoms with Gasteiger partial charge in [-0.1, -0.05) is 29.8 Å². The Bertz CT molecular complexity index is 345. The van der Waals surface area contributed by atoms with Gasteiger partial charge in [0.1, 0.15) is 12.4 Å². The van der Waals surface area contributed by atoms with E-state index < -0.39 is 0 Å². The molecule has 2 rings (SSSR count). The van der Waals surface area contributed by atoms with Crippen LogP contribution in [0, 0.1) is 0 Å². The number of para-hydroxylation sites is 1. The van der Waals surface area contributed by atoms with Gasteiger partial charge in [0.05, 0.1) is 6.04 Å². The minimum atomic E-state index is 0.0560. The Balaban J connectivity index is 1.83. The van der Waals surface area contributed by atoms with Crippen molar-refractivity contribution in [3.63, 3.8) is 0 Å². The van der Waals surface area contributed by atoms with E-state index in [-0.39, 0.29) is 6.04 Å². The van der Waals surface area contributed by atoms with Gasteiger partial charge in [-0.15, -0.1) is 0 Å². The van der Waals surface area contributed by atoms with E-state index >= 15 is 0 Å². The zero-order valence-electron chi connectivity index (χ0n) is 9.56. The zero-order chi connectivity index (χ0) is 11.2. The van der Waals surface area contributed by atoms with Crippen LogP contribution in [0.15, 0.2) is 42.0 Å². The highest BCUT2D eigenvalue weighted by Crippen LogP contribution is 2.20. The monoisotopic (exact) mass is 217 g/mol. The van der Waals surface area contributed by atoms with Gasteiger partial charge in [0.15, 0.2) is 0 Å². The van der Waals surface area contributed by atoms with Gasteiger partial charge in [0, 0.05) is 0 Å². The summed E-state index contributed by atoms with van der Waals surface area (Å²) in [5.41, 5.74) is 7.47. The molecule has 0 heterocycles. The Morgan fingerprint density at radius 2 is 2.00 bits per heavy atom. The molecule has 1 unspecified atom stereocenters. The van der Waals surface area contributed by atoms with E-state index in [4.69, 9.17) is 10.5 Å². The van der Waals surface area contributed by atoms with E-state index in [0.29, 0.717) is 6.61 Å². The van der Waals surface area contributed by atoms with E-state index in [1.54, 1.807) is 0 Å². The van der Waals surface area contributed by atoms with Crippen molar-refractivity contribution in [1.29, 1.82) is 0 Å². The maximum Gasteiger partial charge on any atom is 0.119 e. The highest BCUT2D eigenvalue weighted by Gasteiger charge is 2.12. The summed E-state index contributed by atoms with van der Waals surface area (Å²) in [6, 6.07) is 9.91. The summed E-state index contributed by atoms with van der Waals surface area (Å²) in [5.74, 6) is 0.898. The number of rotatable bonds is 4. The van der Waals surface area contributed by atoms with Crippen LogP contribution in [0.2, 0.25) is 0 Å². The predicted octanol–water partition coefficient (Wildman–Crippen LogP) is 2.89. The number of nitrogens with two attached hydrogens (primary N) is 1. The van der Waals surface area contributed by atoms with E-state index in [1.165, 1.54) is 24.8 Å². The van der Waals surface area contributed by atoms with E-state index in [2.05, 4.69) is 6.08 Å². The second-order valence-electron chi connectivity index (χ2n) is 4.26. The van der Waals surface area contributed by atoms with Crippen LogP contribution in [0.3, 0.4) is 0 Å². The highest BCUT2D eigenvalue weighted by atomic mass is 16.5. The zero-order valence-corrected chi connectivity index (χ0v) is 9.56. The lowest BCUT2D eigenvalue weighted by molar-refractivity contribution is 0.298. The van der Waals surface area contributed by atoms with Gasteiger partial charge in [0.2, 0.25) is 0 Å². The smallest absolute Gasteiger partial charge is 0.119 e. The fourth-order valence-electron chi connectivity index (χ4n) is 2.01. The fourth-order valence-corrected chi connectivity index (χ4v) is 2.01. The first-order valence-corrected chi connectivity index (χ1v) is 5.98. The first-order chi connectivity index (χ1) is 7.86. The highest BCUT2D eigenvalue weighted by molar-refractivity contribution is 5.21. The third kappa shape index (κ3) is 3.11. The average molecular weight is 217 g/mol. The van der Waals surface area contributed by atoms with Gasteiger partial charge in [-0.2, -0.15) is 0 Å². The lowest BCUT2D eigenvalue weighted by atomic mass is 9.95. The van der Waals surface area contributed by atoms with Crippen molar-refractivity contribution in [1.82, 2.24) is 0 Å². The Hall–Kier alpha value is -1.28. The van der Waals surface area contributed by atoms with Crippen LogP contribution in [-0.4, -0.2) is 12.6 Å². The van der Waals surface area contributed by atoms with Crippen molar-refractivity contribution in [3.05, 3.63) is 42.0 Å². The average Bonchev–Trinajstić information content (AvgIpc) is 2.38.